The second-order valence-electron chi connectivity index (χ2n) is 3.61. The van der Waals surface area contributed by atoms with E-state index in [1.807, 2.05) is 6.92 Å². The molecule has 2 rings (SSSR count). The fourth-order valence-electron chi connectivity index (χ4n) is 1.34. The zero-order chi connectivity index (χ0) is 13.0. The maximum atomic E-state index is 5.41. The molecule has 0 unspecified atom stereocenters. The number of aryl methyl sites for hydroxylation is 2. The number of rotatable bonds is 5. The maximum absolute atomic E-state index is 5.41. The van der Waals surface area contributed by atoms with E-state index in [0.29, 0.717) is 5.82 Å². The maximum Gasteiger partial charge on any atom is 0.176 e. The molecular formula is C10H14N6S2. The van der Waals surface area contributed by atoms with E-state index in [1.54, 1.807) is 6.07 Å². The van der Waals surface area contributed by atoms with Crippen molar-refractivity contribution in [1.82, 2.24) is 19.3 Å². The number of hydrogen-bond acceptors (Lipinski definition) is 8. The van der Waals surface area contributed by atoms with Crippen LogP contribution in [0.25, 0.3) is 0 Å². The Hall–Kier alpha value is -1.25. The van der Waals surface area contributed by atoms with Crippen LogP contribution in [-0.4, -0.2) is 19.3 Å². The van der Waals surface area contributed by atoms with Crippen molar-refractivity contribution in [3.8, 4) is 0 Å². The van der Waals surface area contributed by atoms with Crippen LogP contribution in [-0.2, 0) is 6.42 Å². The minimum Gasteiger partial charge on any atom is -0.308 e. The van der Waals surface area contributed by atoms with Gasteiger partial charge in [0.25, 0.3) is 0 Å². The number of nitrogen functional groups attached to an aromatic ring is 1. The summed E-state index contributed by atoms with van der Waals surface area (Å²) in [5.41, 5.74) is 2.56. The highest BCUT2D eigenvalue weighted by atomic mass is 32.2. The molecule has 0 aliphatic carbocycles. The zero-order valence-corrected chi connectivity index (χ0v) is 11.8. The molecule has 3 N–H and O–H groups in total. The monoisotopic (exact) mass is 282 g/mol. The van der Waals surface area contributed by atoms with Gasteiger partial charge < -0.3 is 5.43 Å². The summed E-state index contributed by atoms with van der Waals surface area (Å²) in [6.45, 7) is 3.96. The van der Waals surface area contributed by atoms with E-state index >= 15 is 0 Å². The summed E-state index contributed by atoms with van der Waals surface area (Å²) in [6, 6.07) is 1.81. The van der Waals surface area contributed by atoms with Gasteiger partial charge in [-0.25, -0.2) is 20.8 Å². The lowest BCUT2D eigenvalue weighted by Gasteiger charge is -2.05. The minimum atomic E-state index is 0.622. The fraction of sp³-hybridized carbons (Fsp3) is 0.400. The predicted molar refractivity (Wildman–Crippen MR) is 72.6 cm³/mol. The molecule has 0 aliphatic heterocycles. The zero-order valence-electron chi connectivity index (χ0n) is 10.2. The van der Waals surface area contributed by atoms with Crippen molar-refractivity contribution in [3.05, 3.63) is 17.7 Å². The molecule has 0 bridgehead atoms. The standard InChI is InChI=1S/C10H14N6S2/c1-3-4-7-13-8(15-11)5-9(14-7)17-10-12-6(2)16-18-10/h5H,3-4,11H2,1-2H3,(H,13,14,15). The van der Waals surface area contributed by atoms with Gasteiger partial charge in [-0.05, 0) is 36.6 Å². The van der Waals surface area contributed by atoms with Crippen LogP contribution in [0.5, 0.6) is 0 Å². The van der Waals surface area contributed by atoms with Crippen LogP contribution in [0.4, 0.5) is 5.82 Å². The fourth-order valence-corrected chi connectivity index (χ4v) is 2.96. The van der Waals surface area contributed by atoms with E-state index in [1.165, 1.54) is 23.3 Å². The highest BCUT2D eigenvalue weighted by Gasteiger charge is 2.08. The molecule has 0 fully saturated rings. The Labute approximate surface area is 114 Å². The molecule has 18 heavy (non-hydrogen) atoms. The average Bonchev–Trinajstić information content (AvgIpc) is 2.75. The first-order valence-electron chi connectivity index (χ1n) is 5.54. The topological polar surface area (TPSA) is 89.6 Å². The summed E-state index contributed by atoms with van der Waals surface area (Å²) in [5.74, 6) is 7.60. The van der Waals surface area contributed by atoms with Crippen molar-refractivity contribution in [1.29, 1.82) is 0 Å². The highest BCUT2D eigenvalue weighted by Crippen LogP contribution is 2.28. The van der Waals surface area contributed by atoms with Gasteiger partial charge in [-0.3, -0.25) is 0 Å². The molecule has 0 saturated heterocycles. The van der Waals surface area contributed by atoms with E-state index in [2.05, 4.69) is 31.7 Å². The summed E-state index contributed by atoms with van der Waals surface area (Å²) in [7, 11) is 0. The quantitative estimate of drug-likeness (QED) is 0.492. The van der Waals surface area contributed by atoms with Crippen molar-refractivity contribution < 1.29 is 0 Å². The van der Waals surface area contributed by atoms with E-state index in [0.717, 1.165) is 33.9 Å². The molecule has 0 atom stereocenters. The van der Waals surface area contributed by atoms with Gasteiger partial charge in [-0.2, -0.15) is 4.37 Å². The number of aromatic nitrogens is 4. The van der Waals surface area contributed by atoms with Gasteiger partial charge in [0.2, 0.25) is 0 Å². The van der Waals surface area contributed by atoms with Crippen LogP contribution in [0.1, 0.15) is 25.0 Å². The number of hydrazine groups is 1. The van der Waals surface area contributed by atoms with Crippen LogP contribution in [0.3, 0.4) is 0 Å². The molecule has 96 valence electrons. The Balaban J connectivity index is 2.23. The van der Waals surface area contributed by atoms with Crippen LogP contribution in [0.15, 0.2) is 15.4 Å². The third-order valence-corrected chi connectivity index (χ3v) is 3.83. The van der Waals surface area contributed by atoms with Gasteiger partial charge >= 0.3 is 0 Å². The Morgan fingerprint density at radius 3 is 2.83 bits per heavy atom. The van der Waals surface area contributed by atoms with Gasteiger partial charge in [-0.15, -0.1) is 0 Å². The third kappa shape index (κ3) is 3.37. The Morgan fingerprint density at radius 1 is 1.39 bits per heavy atom. The van der Waals surface area contributed by atoms with Gasteiger partial charge in [0.15, 0.2) is 4.34 Å². The summed E-state index contributed by atoms with van der Waals surface area (Å²) in [4.78, 5) is 13.1. The van der Waals surface area contributed by atoms with Crippen LogP contribution < -0.4 is 11.3 Å². The summed E-state index contributed by atoms with van der Waals surface area (Å²) >= 11 is 2.84. The first-order chi connectivity index (χ1) is 8.71. The van der Waals surface area contributed by atoms with Gasteiger partial charge in [0, 0.05) is 12.5 Å². The number of nitrogens with one attached hydrogen (secondary N) is 1. The third-order valence-electron chi connectivity index (χ3n) is 2.07. The molecule has 0 spiro atoms. The lowest BCUT2D eigenvalue weighted by molar-refractivity contribution is 0.810. The number of nitrogens with two attached hydrogens (primary N) is 1. The van der Waals surface area contributed by atoms with Crippen LogP contribution >= 0.6 is 23.3 Å². The lowest BCUT2D eigenvalue weighted by atomic mass is 10.3. The first kappa shape index (κ1) is 13.2. The van der Waals surface area contributed by atoms with Gasteiger partial charge in [0.05, 0.1) is 0 Å². The SMILES string of the molecule is CCCc1nc(NN)cc(Sc2nc(C)ns2)n1. The van der Waals surface area contributed by atoms with E-state index in [-0.39, 0.29) is 0 Å². The van der Waals surface area contributed by atoms with Crippen molar-refractivity contribution in [3.63, 3.8) is 0 Å². The molecule has 0 aromatic carbocycles. The summed E-state index contributed by atoms with van der Waals surface area (Å²) < 4.78 is 5.01. The molecule has 0 saturated carbocycles. The van der Waals surface area contributed by atoms with Crippen molar-refractivity contribution >= 4 is 29.1 Å². The average molecular weight is 282 g/mol. The van der Waals surface area contributed by atoms with Gasteiger partial charge in [-0.1, -0.05) is 6.92 Å². The summed E-state index contributed by atoms with van der Waals surface area (Å²) in [6.07, 6.45) is 1.83. The first-order valence-corrected chi connectivity index (χ1v) is 7.13. The number of hydrogen-bond donors (Lipinski definition) is 2. The number of anilines is 1. The van der Waals surface area contributed by atoms with Crippen molar-refractivity contribution in [2.45, 2.75) is 36.1 Å². The Bertz CT molecular complexity index is 527. The summed E-state index contributed by atoms with van der Waals surface area (Å²) in [5, 5.41) is 0.831. The van der Waals surface area contributed by atoms with E-state index in [4.69, 9.17) is 5.84 Å². The Morgan fingerprint density at radius 2 is 2.22 bits per heavy atom. The molecule has 0 amide bonds. The van der Waals surface area contributed by atoms with Crippen molar-refractivity contribution in [2.75, 3.05) is 5.43 Å². The lowest BCUT2D eigenvalue weighted by Crippen LogP contribution is -2.10. The Kier molecular flexibility index (Phi) is 4.45. The minimum absolute atomic E-state index is 0.622. The van der Waals surface area contributed by atoms with E-state index < -0.39 is 0 Å². The molecular weight excluding hydrogens is 268 g/mol. The van der Waals surface area contributed by atoms with E-state index in [9.17, 15) is 0 Å². The molecule has 6 nitrogen and oxygen atoms in total. The predicted octanol–water partition coefficient (Wildman–Crippen LogP) is 2.03. The highest BCUT2D eigenvalue weighted by molar-refractivity contribution is 8.00. The van der Waals surface area contributed by atoms with Gasteiger partial charge in [0.1, 0.15) is 22.5 Å². The molecule has 0 aliphatic rings. The molecule has 2 heterocycles. The number of nitrogens with zero attached hydrogens (tertiary/aromatic N) is 4. The van der Waals surface area contributed by atoms with Crippen LogP contribution in [0, 0.1) is 6.92 Å². The second kappa shape index (κ2) is 6.07. The second-order valence-corrected chi connectivity index (χ2v) is 5.63. The van der Waals surface area contributed by atoms with Crippen molar-refractivity contribution in [2.24, 2.45) is 5.84 Å². The molecule has 2 aromatic rings. The normalized spacial score (nSPS) is 10.6. The molecule has 0 radical (unpaired) electrons. The largest absolute Gasteiger partial charge is 0.308 e. The smallest absolute Gasteiger partial charge is 0.176 e. The van der Waals surface area contributed by atoms with Crippen LogP contribution in [0.2, 0.25) is 0 Å². The molecule has 8 heteroatoms. The molecule has 2 aromatic heterocycles.